The van der Waals surface area contributed by atoms with Gasteiger partial charge in [-0.05, 0) is 18.4 Å². The predicted octanol–water partition coefficient (Wildman–Crippen LogP) is 1.33. The molecule has 0 radical (unpaired) electrons. The highest BCUT2D eigenvalue weighted by molar-refractivity contribution is 5.81. The number of likely N-dealkylation sites (N-methyl/N-ethyl adjacent to an activating group) is 1. The molecule has 1 aliphatic heterocycles. The largest absolute Gasteiger partial charge is 0.363 e. The quantitative estimate of drug-likeness (QED) is 0.653. The standard InChI is InChI=1S/C18H28N4O2/c1-21(2)17(23)16-11-10-15(24-16)13-20-18(22(3)4)19-12-14-8-6-5-7-9-14/h5-9,15-16H,10-13H2,1-4H3,(H,19,20). The summed E-state index contributed by atoms with van der Waals surface area (Å²) in [6.45, 7) is 1.29. The lowest BCUT2D eigenvalue weighted by Gasteiger charge is -2.21. The van der Waals surface area contributed by atoms with E-state index in [-0.39, 0.29) is 18.1 Å². The van der Waals surface area contributed by atoms with Crippen LogP contribution in [0.3, 0.4) is 0 Å². The number of carbonyl (C=O) groups excluding carboxylic acids is 1. The highest BCUT2D eigenvalue weighted by atomic mass is 16.5. The molecule has 0 bridgehead atoms. The molecule has 1 N–H and O–H groups in total. The minimum atomic E-state index is -0.309. The van der Waals surface area contributed by atoms with E-state index in [0.29, 0.717) is 13.1 Å². The molecule has 0 aromatic heterocycles. The molecule has 2 atom stereocenters. The summed E-state index contributed by atoms with van der Waals surface area (Å²) in [6, 6.07) is 10.2. The molecule has 0 spiro atoms. The lowest BCUT2D eigenvalue weighted by molar-refractivity contribution is -0.140. The highest BCUT2D eigenvalue weighted by Gasteiger charge is 2.31. The molecule has 2 unspecified atom stereocenters. The van der Waals surface area contributed by atoms with E-state index in [1.165, 1.54) is 5.56 Å². The lowest BCUT2D eigenvalue weighted by Crippen LogP contribution is -2.41. The van der Waals surface area contributed by atoms with Crippen LogP contribution in [0, 0.1) is 0 Å². The summed E-state index contributed by atoms with van der Waals surface area (Å²) in [4.78, 5) is 20.1. The number of nitrogens with one attached hydrogen (secondary N) is 1. The SMILES string of the molecule is CN(C)C(=O)C1CCC(CNC(=NCc2ccccc2)N(C)C)O1. The average molecular weight is 332 g/mol. The third-order valence-corrected chi connectivity index (χ3v) is 3.99. The van der Waals surface area contributed by atoms with Crippen molar-refractivity contribution in [3.05, 3.63) is 35.9 Å². The van der Waals surface area contributed by atoms with Crippen molar-refractivity contribution in [1.29, 1.82) is 0 Å². The Morgan fingerprint density at radius 1 is 1.17 bits per heavy atom. The summed E-state index contributed by atoms with van der Waals surface area (Å²) in [5.74, 6) is 0.868. The van der Waals surface area contributed by atoms with Crippen LogP contribution in [0.5, 0.6) is 0 Å². The first-order valence-corrected chi connectivity index (χ1v) is 8.33. The van der Waals surface area contributed by atoms with Crippen LogP contribution >= 0.6 is 0 Å². The molecule has 1 aliphatic rings. The summed E-state index contributed by atoms with van der Waals surface area (Å²) in [5, 5.41) is 3.35. The molecule has 1 aromatic carbocycles. The molecule has 1 aromatic rings. The second-order valence-electron chi connectivity index (χ2n) is 6.46. The van der Waals surface area contributed by atoms with E-state index in [1.54, 1.807) is 19.0 Å². The van der Waals surface area contributed by atoms with Crippen molar-refractivity contribution in [2.45, 2.75) is 31.6 Å². The monoisotopic (exact) mass is 332 g/mol. The van der Waals surface area contributed by atoms with Crippen molar-refractivity contribution in [3.8, 4) is 0 Å². The average Bonchev–Trinajstić information content (AvgIpc) is 3.03. The zero-order chi connectivity index (χ0) is 17.5. The van der Waals surface area contributed by atoms with Gasteiger partial charge in [0.2, 0.25) is 0 Å². The molecule has 1 heterocycles. The van der Waals surface area contributed by atoms with Gasteiger partial charge in [0.05, 0.1) is 12.6 Å². The zero-order valence-electron chi connectivity index (χ0n) is 15.0. The molecule has 2 rings (SSSR count). The first-order valence-electron chi connectivity index (χ1n) is 8.33. The maximum absolute atomic E-state index is 11.9. The summed E-state index contributed by atoms with van der Waals surface area (Å²) in [7, 11) is 7.45. The molecule has 24 heavy (non-hydrogen) atoms. The Balaban J connectivity index is 1.85. The number of ether oxygens (including phenoxy) is 1. The highest BCUT2D eigenvalue weighted by Crippen LogP contribution is 2.20. The van der Waals surface area contributed by atoms with E-state index >= 15 is 0 Å². The Morgan fingerprint density at radius 2 is 1.88 bits per heavy atom. The van der Waals surface area contributed by atoms with Crippen molar-refractivity contribution in [1.82, 2.24) is 15.1 Å². The van der Waals surface area contributed by atoms with Crippen LogP contribution in [0.1, 0.15) is 18.4 Å². The Labute approximate surface area is 144 Å². The van der Waals surface area contributed by atoms with E-state index < -0.39 is 0 Å². The number of hydrogen-bond acceptors (Lipinski definition) is 3. The minimum absolute atomic E-state index is 0.0424. The third-order valence-electron chi connectivity index (χ3n) is 3.99. The van der Waals surface area contributed by atoms with Gasteiger partial charge in [-0.2, -0.15) is 0 Å². The van der Waals surface area contributed by atoms with Crippen LogP contribution in [-0.4, -0.2) is 68.6 Å². The van der Waals surface area contributed by atoms with Crippen molar-refractivity contribution in [2.24, 2.45) is 4.99 Å². The first kappa shape index (κ1) is 18.3. The molecule has 6 heteroatoms. The van der Waals surface area contributed by atoms with Crippen LogP contribution in [0.2, 0.25) is 0 Å². The molecule has 6 nitrogen and oxygen atoms in total. The number of carbonyl (C=O) groups is 1. The molecule has 1 amide bonds. The molecular formula is C18H28N4O2. The Hall–Kier alpha value is -2.08. The van der Waals surface area contributed by atoms with Crippen molar-refractivity contribution in [2.75, 3.05) is 34.7 Å². The molecule has 0 aliphatic carbocycles. The van der Waals surface area contributed by atoms with E-state index in [0.717, 1.165) is 18.8 Å². The van der Waals surface area contributed by atoms with Gasteiger partial charge in [-0.25, -0.2) is 4.99 Å². The zero-order valence-corrected chi connectivity index (χ0v) is 15.0. The number of hydrogen-bond donors (Lipinski definition) is 1. The maximum atomic E-state index is 11.9. The lowest BCUT2D eigenvalue weighted by atomic mass is 10.2. The second-order valence-corrected chi connectivity index (χ2v) is 6.46. The van der Waals surface area contributed by atoms with E-state index in [4.69, 9.17) is 4.74 Å². The van der Waals surface area contributed by atoms with Gasteiger partial charge >= 0.3 is 0 Å². The Bertz CT molecular complexity index is 557. The van der Waals surface area contributed by atoms with Gasteiger partial charge in [-0.1, -0.05) is 30.3 Å². The first-order chi connectivity index (χ1) is 11.5. The van der Waals surface area contributed by atoms with E-state index in [2.05, 4.69) is 22.4 Å². The van der Waals surface area contributed by atoms with Gasteiger partial charge < -0.3 is 19.9 Å². The molecule has 1 fully saturated rings. The van der Waals surface area contributed by atoms with Crippen LogP contribution < -0.4 is 5.32 Å². The number of rotatable bonds is 5. The van der Waals surface area contributed by atoms with Crippen LogP contribution in [0.15, 0.2) is 35.3 Å². The van der Waals surface area contributed by atoms with Gasteiger partial charge in [0.15, 0.2) is 5.96 Å². The van der Waals surface area contributed by atoms with Crippen molar-refractivity contribution < 1.29 is 9.53 Å². The minimum Gasteiger partial charge on any atom is -0.363 e. The number of amides is 1. The fourth-order valence-electron chi connectivity index (χ4n) is 2.64. The van der Waals surface area contributed by atoms with Gasteiger partial charge in [0.1, 0.15) is 6.10 Å². The fraction of sp³-hybridized carbons (Fsp3) is 0.556. The Morgan fingerprint density at radius 3 is 2.50 bits per heavy atom. The topological polar surface area (TPSA) is 57.2 Å². The van der Waals surface area contributed by atoms with Gasteiger partial charge in [-0.3, -0.25) is 4.79 Å². The maximum Gasteiger partial charge on any atom is 0.251 e. The summed E-state index contributed by atoms with van der Waals surface area (Å²) in [5.41, 5.74) is 1.17. The molecule has 132 valence electrons. The summed E-state index contributed by atoms with van der Waals surface area (Å²) < 4.78 is 5.85. The molecule has 1 saturated heterocycles. The van der Waals surface area contributed by atoms with Crippen LogP contribution in [0.4, 0.5) is 0 Å². The fourth-order valence-corrected chi connectivity index (χ4v) is 2.64. The van der Waals surface area contributed by atoms with Gasteiger partial charge in [-0.15, -0.1) is 0 Å². The number of aliphatic imine (C=N–C) groups is 1. The van der Waals surface area contributed by atoms with E-state index in [9.17, 15) is 4.79 Å². The third kappa shape index (κ3) is 5.23. The summed E-state index contributed by atoms with van der Waals surface area (Å²) >= 11 is 0. The van der Waals surface area contributed by atoms with Gasteiger partial charge in [0.25, 0.3) is 5.91 Å². The smallest absolute Gasteiger partial charge is 0.251 e. The van der Waals surface area contributed by atoms with Crippen LogP contribution in [0.25, 0.3) is 0 Å². The number of guanidine groups is 1. The molecular weight excluding hydrogens is 304 g/mol. The normalized spacial score (nSPS) is 20.8. The van der Waals surface area contributed by atoms with E-state index in [1.807, 2.05) is 37.2 Å². The van der Waals surface area contributed by atoms with Crippen molar-refractivity contribution >= 4 is 11.9 Å². The second kappa shape index (κ2) is 8.68. The summed E-state index contributed by atoms with van der Waals surface area (Å²) in [6.07, 6.45) is 1.40. The number of nitrogens with zero attached hydrogens (tertiary/aromatic N) is 3. The van der Waals surface area contributed by atoms with Gasteiger partial charge in [0, 0.05) is 34.7 Å². The Kier molecular flexibility index (Phi) is 6.61. The van der Waals surface area contributed by atoms with Crippen molar-refractivity contribution in [3.63, 3.8) is 0 Å². The van der Waals surface area contributed by atoms with Crippen LogP contribution in [-0.2, 0) is 16.1 Å². The number of benzene rings is 1. The predicted molar refractivity (Wildman–Crippen MR) is 95.9 cm³/mol. The molecule has 0 saturated carbocycles.